The average molecular weight is 315 g/mol. The van der Waals surface area contributed by atoms with Gasteiger partial charge in [0, 0.05) is 17.3 Å². The topological polar surface area (TPSA) is 100 Å². The van der Waals surface area contributed by atoms with Gasteiger partial charge in [-0.05, 0) is 41.5 Å². The van der Waals surface area contributed by atoms with Crippen LogP contribution in [0.25, 0.3) is 22.3 Å². The molecule has 0 spiro atoms. The van der Waals surface area contributed by atoms with Crippen molar-refractivity contribution in [3.05, 3.63) is 71.9 Å². The Hall–Kier alpha value is -3.65. The molecule has 1 heterocycles. The number of nitrogens with zero attached hydrogens (tertiary/aromatic N) is 2. The van der Waals surface area contributed by atoms with E-state index >= 15 is 0 Å². The summed E-state index contributed by atoms with van der Waals surface area (Å²) in [5, 5.41) is 17.8. The normalized spacial score (nSPS) is 10.1. The molecule has 1 aromatic heterocycles. The molecule has 3 rings (SSSR count). The van der Waals surface area contributed by atoms with E-state index < -0.39 is 5.97 Å². The average Bonchev–Trinajstić information content (AvgIpc) is 2.62. The third kappa shape index (κ3) is 2.94. The van der Waals surface area contributed by atoms with Crippen molar-refractivity contribution >= 4 is 11.8 Å². The molecule has 24 heavy (non-hydrogen) atoms. The molecule has 0 bridgehead atoms. The van der Waals surface area contributed by atoms with E-state index in [0.717, 1.165) is 22.3 Å². The first-order valence-electron chi connectivity index (χ1n) is 7.18. The van der Waals surface area contributed by atoms with Gasteiger partial charge in [-0.25, -0.2) is 9.78 Å². The van der Waals surface area contributed by atoms with Crippen molar-refractivity contribution in [1.82, 2.24) is 4.98 Å². The van der Waals surface area contributed by atoms with Crippen LogP contribution in [-0.4, -0.2) is 16.1 Å². The summed E-state index contributed by atoms with van der Waals surface area (Å²) in [5.41, 5.74) is 10.1. The van der Waals surface area contributed by atoms with Crippen LogP contribution in [0, 0.1) is 11.3 Å². The van der Waals surface area contributed by atoms with Crippen LogP contribution in [0.15, 0.2) is 60.8 Å². The van der Waals surface area contributed by atoms with Crippen molar-refractivity contribution in [3.8, 4) is 28.3 Å². The summed E-state index contributed by atoms with van der Waals surface area (Å²) in [5.74, 6) is -0.569. The predicted molar refractivity (Wildman–Crippen MR) is 91.2 cm³/mol. The van der Waals surface area contributed by atoms with Gasteiger partial charge < -0.3 is 10.8 Å². The molecule has 2 aromatic carbocycles. The van der Waals surface area contributed by atoms with Gasteiger partial charge in [-0.1, -0.05) is 24.3 Å². The maximum absolute atomic E-state index is 10.9. The Bertz CT molecular complexity index is 940. The standard InChI is InChI=1S/C19H13N3O2/c20-10-12-1-3-14(4-2-12)17-9-16(11-22-18(17)21)13-5-7-15(8-6-13)19(23)24/h1-9,11H,(H2,21,22)(H,23,24). The lowest BCUT2D eigenvalue weighted by Gasteiger charge is -2.09. The number of nitrogen functional groups attached to an aromatic ring is 1. The van der Waals surface area contributed by atoms with Gasteiger partial charge in [0.25, 0.3) is 0 Å². The molecule has 0 amide bonds. The van der Waals surface area contributed by atoms with Gasteiger partial charge in [-0.2, -0.15) is 5.26 Å². The Morgan fingerprint density at radius 2 is 1.62 bits per heavy atom. The molecule has 0 radical (unpaired) electrons. The molecule has 5 nitrogen and oxygen atoms in total. The minimum Gasteiger partial charge on any atom is -0.478 e. The molecule has 0 atom stereocenters. The maximum atomic E-state index is 10.9. The quantitative estimate of drug-likeness (QED) is 0.769. The lowest BCUT2D eigenvalue weighted by atomic mass is 9.99. The Balaban J connectivity index is 2.02. The zero-order chi connectivity index (χ0) is 17.1. The van der Waals surface area contributed by atoms with E-state index in [-0.39, 0.29) is 5.56 Å². The molecule has 0 unspecified atom stereocenters. The molecule has 0 aliphatic heterocycles. The van der Waals surface area contributed by atoms with E-state index in [2.05, 4.69) is 11.1 Å². The van der Waals surface area contributed by atoms with Crippen LogP contribution in [0.4, 0.5) is 5.82 Å². The van der Waals surface area contributed by atoms with Crippen LogP contribution in [0.2, 0.25) is 0 Å². The Labute approximate surface area is 138 Å². The molecule has 0 fully saturated rings. The number of pyridine rings is 1. The number of nitriles is 1. The SMILES string of the molecule is N#Cc1ccc(-c2cc(-c3ccc(C(=O)O)cc3)cnc2N)cc1. The molecule has 116 valence electrons. The minimum absolute atomic E-state index is 0.231. The van der Waals surface area contributed by atoms with Gasteiger partial charge in [-0.3, -0.25) is 0 Å². The van der Waals surface area contributed by atoms with Crippen LogP contribution in [0.5, 0.6) is 0 Å². The predicted octanol–water partition coefficient (Wildman–Crippen LogP) is 3.57. The second-order valence-corrected chi connectivity index (χ2v) is 5.23. The lowest BCUT2D eigenvalue weighted by molar-refractivity contribution is 0.0697. The van der Waals surface area contributed by atoms with Gasteiger partial charge in [-0.15, -0.1) is 0 Å². The van der Waals surface area contributed by atoms with Crippen LogP contribution >= 0.6 is 0 Å². The van der Waals surface area contributed by atoms with Crippen molar-refractivity contribution in [2.75, 3.05) is 5.73 Å². The molecule has 0 aliphatic rings. The third-order valence-electron chi connectivity index (χ3n) is 3.71. The minimum atomic E-state index is -0.963. The Morgan fingerprint density at radius 1 is 1.00 bits per heavy atom. The van der Waals surface area contributed by atoms with E-state index in [9.17, 15) is 4.79 Å². The zero-order valence-corrected chi connectivity index (χ0v) is 12.6. The fourth-order valence-corrected chi connectivity index (χ4v) is 2.39. The summed E-state index contributed by atoms with van der Waals surface area (Å²) < 4.78 is 0. The summed E-state index contributed by atoms with van der Waals surface area (Å²) in [6.45, 7) is 0. The summed E-state index contributed by atoms with van der Waals surface area (Å²) in [6, 6.07) is 17.6. The number of carboxylic acid groups (broad SMARTS) is 1. The number of aromatic nitrogens is 1. The highest BCUT2D eigenvalue weighted by Crippen LogP contribution is 2.29. The highest BCUT2D eigenvalue weighted by atomic mass is 16.4. The fraction of sp³-hybridized carbons (Fsp3) is 0. The summed E-state index contributed by atoms with van der Waals surface area (Å²) in [6.07, 6.45) is 1.65. The van der Waals surface area contributed by atoms with Crippen LogP contribution < -0.4 is 5.73 Å². The summed E-state index contributed by atoms with van der Waals surface area (Å²) >= 11 is 0. The molecule has 0 saturated heterocycles. The maximum Gasteiger partial charge on any atom is 0.335 e. The molecule has 3 aromatic rings. The Morgan fingerprint density at radius 3 is 2.21 bits per heavy atom. The number of nitrogens with two attached hydrogens (primary N) is 1. The highest BCUT2D eigenvalue weighted by Gasteiger charge is 2.08. The van der Waals surface area contributed by atoms with E-state index in [0.29, 0.717) is 11.4 Å². The van der Waals surface area contributed by atoms with Crippen molar-refractivity contribution in [2.45, 2.75) is 0 Å². The highest BCUT2D eigenvalue weighted by molar-refractivity contribution is 5.88. The lowest BCUT2D eigenvalue weighted by Crippen LogP contribution is -1.96. The first-order chi connectivity index (χ1) is 11.6. The van der Waals surface area contributed by atoms with Crippen LogP contribution in [0.3, 0.4) is 0 Å². The second-order valence-electron chi connectivity index (χ2n) is 5.23. The number of anilines is 1. The van der Waals surface area contributed by atoms with Crippen molar-refractivity contribution in [3.63, 3.8) is 0 Å². The number of aromatic carboxylic acids is 1. The Kier molecular flexibility index (Phi) is 3.96. The number of carboxylic acids is 1. The second kappa shape index (κ2) is 6.23. The fourth-order valence-electron chi connectivity index (χ4n) is 2.39. The van der Waals surface area contributed by atoms with Gasteiger partial charge in [0.15, 0.2) is 0 Å². The molecule has 0 saturated carbocycles. The molecular formula is C19H13N3O2. The van der Waals surface area contributed by atoms with Crippen LogP contribution in [-0.2, 0) is 0 Å². The number of carbonyl (C=O) groups is 1. The number of rotatable bonds is 3. The van der Waals surface area contributed by atoms with E-state index in [4.69, 9.17) is 16.1 Å². The van der Waals surface area contributed by atoms with Crippen molar-refractivity contribution in [1.29, 1.82) is 5.26 Å². The molecular weight excluding hydrogens is 302 g/mol. The number of benzene rings is 2. The molecule has 0 aliphatic carbocycles. The first kappa shape index (κ1) is 15.3. The largest absolute Gasteiger partial charge is 0.478 e. The van der Waals surface area contributed by atoms with Crippen molar-refractivity contribution in [2.24, 2.45) is 0 Å². The van der Waals surface area contributed by atoms with E-state index in [1.165, 1.54) is 0 Å². The van der Waals surface area contributed by atoms with E-state index in [1.54, 1.807) is 42.6 Å². The number of hydrogen-bond acceptors (Lipinski definition) is 4. The van der Waals surface area contributed by atoms with Gasteiger partial charge in [0.2, 0.25) is 0 Å². The van der Waals surface area contributed by atoms with Crippen LogP contribution in [0.1, 0.15) is 15.9 Å². The first-order valence-corrected chi connectivity index (χ1v) is 7.18. The monoisotopic (exact) mass is 315 g/mol. The van der Waals surface area contributed by atoms with Gasteiger partial charge in [0.1, 0.15) is 5.82 Å². The third-order valence-corrected chi connectivity index (χ3v) is 3.71. The van der Waals surface area contributed by atoms with Crippen molar-refractivity contribution < 1.29 is 9.90 Å². The molecule has 3 N–H and O–H groups in total. The number of hydrogen-bond donors (Lipinski definition) is 2. The van der Waals surface area contributed by atoms with Gasteiger partial charge in [0.05, 0.1) is 17.2 Å². The zero-order valence-electron chi connectivity index (χ0n) is 12.6. The molecule has 5 heteroatoms. The smallest absolute Gasteiger partial charge is 0.335 e. The van der Waals surface area contributed by atoms with Gasteiger partial charge >= 0.3 is 5.97 Å². The summed E-state index contributed by atoms with van der Waals surface area (Å²) in [7, 11) is 0. The van der Waals surface area contributed by atoms with E-state index in [1.807, 2.05) is 18.2 Å². The summed E-state index contributed by atoms with van der Waals surface area (Å²) in [4.78, 5) is 15.2.